The van der Waals surface area contributed by atoms with Crippen molar-refractivity contribution in [3.05, 3.63) is 54.2 Å². The van der Waals surface area contributed by atoms with Gasteiger partial charge in [0.15, 0.2) is 23.0 Å². The van der Waals surface area contributed by atoms with Crippen LogP contribution >= 0.6 is 0 Å². The van der Waals surface area contributed by atoms with Crippen molar-refractivity contribution in [3.8, 4) is 28.6 Å². The highest BCUT2D eigenvalue weighted by molar-refractivity contribution is 6.03. The van der Waals surface area contributed by atoms with Crippen molar-refractivity contribution in [1.82, 2.24) is 5.16 Å². The van der Waals surface area contributed by atoms with Gasteiger partial charge in [-0.25, -0.2) is 0 Å². The third-order valence-corrected chi connectivity index (χ3v) is 3.90. The zero-order chi connectivity index (χ0) is 17.9. The van der Waals surface area contributed by atoms with Crippen LogP contribution in [0.5, 0.6) is 17.2 Å². The number of methoxy groups -OCH3 is 1. The minimum Gasteiger partial charge on any atom is -0.497 e. The number of anilines is 1. The van der Waals surface area contributed by atoms with Crippen molar-refractivity contribution in [2.75, 3.05) is 25.6 Å². The fourth-order valence-electron chi connectivity index (χ4n) is 2.61. The molecule has 26 heavy (non-hydrogen) atoms. The Morgan fingerprint density at radius 1 is 1.08 bits per heavy atom. The first kappa shape index (κ1) is 16.0. The van der Waals surface area contributed by atoms with Crippen LogP contribution in [0.4, 0.5) is 5.69 Å². The number of ether oxygens (including phenoxy) is 3. The number of nitrogens with zero attached hydrogens (tertiary/aromatic N) is 1. The van der Waals surface area contributed by atoms with E-state index in [1.54, 1.807) is 43.5 Å². The van der Waals surface area contributed by atoms with E-state index in [2.05, 4.69) is 10.5 Å². The van der Waals surface area contributed by atoms with Crippen LogP contribution in [0.1, 0.15) is 10.5 Å². The number of carbonyl (C=O) groups is 1. The fraction of sp³-hybridized carbons (Fsp3) is 0.158. The molecule has 0 radical (unpaired) electrons. The van der Waals surface area contributed by atoms with Crippen molar-refractivity contribution in [2.45, 2.75) is 0 Å². The van der Waals surface area contributed by atoms with Crippen LogP contribution in [0, 0.1) is 0 Å². The van der Waals surface area contributed by atoms with Gasteiger partial charge in [-0.3, -0.25) is 4.79 Å². The van der Waals surface area contributed by atoms with E-state index in [9.17, 15) is 4.79 Å². The van der Waals surface area contributed by atoms with Crippen molar-refractivity contribution >= 4 is 11.6 Å². The van der Waals surface area contributed by atoms with Crippen molar-refractivity contribution < 1.29 is 23.5 Å². The third kappa shape index (κ3) is 3.19. The Bertz CT molecular complexity index is 951. The van der Waals surface area contributed by atoms with Gasteiger partial charge in [0, 0.05) is 23.4 Å². The smallest absolute Gasteiger partial charge is 0.277 e. The number of hydrogen-bond donors (Lipinski definition) is 1. The van der Waals surface area contributed by atoms with Gasteiger partial charge in [0.1, 0.15) is 19.0 Å². The van der Waals surface area contributed by atoms with Gasteiger partial charge >= 0.3 is 0 Å². The van der Waals surface area contributed by atoms with Gasteiger partial charge in [0.2, 0.25) is 0 Å². The number of rotatable bonds is 4. The van der Waals surface area contributed by atoms with Crippen LogP contribution in [0.3, 0.4) is 0 Å². The quantitative estimate of drug-likeness (QED) is 0.775. The minimum atomic E-state index is -0.370. The third-order valence-electron chi connectivity index (χ3n) is 3.90. The Hall–Kier alpha value is -3.48. The van der Waals surface area contributed by atoms with Crippen LogP contribution in [0.15, 0.2) is 53.1 Å². The molecule has 0 unspecified atom stereocenters. The lowest BCUT2D eigenvalue weighted by molar-refractivity contribution is 0.101. The average molecular weight is 352 g/mol. The van der Waals surface area contributed by atoms with Gasteiger partial charge in [-0.05, 0) is 30.3 Å². The zero-order valence-corrected chi connectivity index (χ0v) is 14.0. The Morgan fingerprint density at radius 2 is 1.92 bits per heavy atom. The van der Waals surface area contributed by atoms with E-state index in [1.807, 2.05) is 12.1 Å². The van der Waals surface area contributed by atoms with E-state index >= 15 is 0 Å². The summed E-state index contributed by atoms with van der Waals surface area (Å²) in [6, 6.07) is 14.1. The second-order valence-electron chi connectivity index (χ2n) is 5.62. The largest absolute Gasteiger partial charge is 0.497 e. The summed E-state index contributed by atoms with van der Waals surface area (Å²) in [7, 11) is 1.57. The number of nitrogens with one attached hydrogen (secondary N) is 1. The molecule has 1 amide bonds. The monoisotopic (exact) mass is 352 g/mol. The molecule has 1 aliphatic rings. The van der Waals surface area contributed by atoms with E-state index in [1.165, 1.54) is 0 Å². The molecule has 0 saturated heterocycles. The molecule has 132 valence electrons. The maximum atomic E-state index is 12.4. The first-order valence-electron chi connectivity index (χ1n) is 8.05. The van der Waals surface area contributed by atoms with Crippen LogP contribution in [0.25, 0.3) is 11.3 Å². The van der Waals surface area contributed by atoms with Gasteiger partial charge in [0.25, 0.3) is 5.91 Å². The molecule has 0 fully saturated rings. The SMILES string of the molecule is COc1cccc(NC(=O)c2cc(-c3ccc4c(c3)OCCO4)on2)c1. The summed E-state index contributed by atoms with van der Waals surface area (Å²) in [4.78, 5) is 12.4. The van der Waals surface area contributed by atoms with E-state index in [0.29, 0.717) is 41.9 Å². The first-order chi connectivity index (χ1) is 12.7. The number of hydrogen-bond acceptors (Lipinski definition) is 6. The van der Waals surface area contributed by atoms with Gasteiger partial charge in [-0.15, -0.1) is 0 Å². The van der Waals surface area contributed by atoms with Crippen LogP contribution < -0.4 is 19.5 Å². The summed E-state index contributed by atoms with van der Waals surface area (Å²) in [5.74, 6) is 2.09. The van der Waals surface area contributed by atoms with Gasteiger partial charge < -0.3 is 24.1 Å². The molecule has 7 nitrogen and oxygen atoms in total. The highest BCUT2D eigenvalue weighted by Crippen LogP contribution is 2.34. The second kappa shape index (κ2) is 6.79. The molecule has 3 aromatic rings. The van der Waals surface area contributed by atoms with Crippen molar-refractivity contribution in [1.29, 1.82) is 0 Å². The minimum absolute atomic E-state index is 0.178. The van der Waals surface area contributed by atoms with Crippen molar-refractivity contribution in [3.63, 3.8) is 0 Å². The Morgan fingerprint density at radius 3 is 2.77 bits per heavy atom. The molecule has 0 aliphatic carbocycles. The molecule has 2 heterocycles. The molecular weight excluding hydrogens is 336 g/mol. The molecule has 1 aromatic heterocycles. The summed E-state index contributed by atoms with van der Waals surface area (Å²) >= 11 is 0. The summed E-state index contributed by atoms with van der Waals surface area (Å²) in [5.41, 5.74) is 1.54. The van der Waals surface area contributed by atoms with Crippen LogP contribution in [-0.4, -0.2) is 31.4 Å². The number of benzene rings is 2. The lowest BCUT2D eigenvalue weighted by Crippen LogP contribution is -2.15. The molecule has 2 aromatic carbocycles. The number of carbonyl (C=O) groups excluding carboxylic acids is 1. The van der Waals surface area contributed by atoms with Gasteiger partial charge in [-0.2, -0.15) is 0 Å². The summed E-state index contributed by atoms with van der Waals surface area (Å²) in [6.07, 6.45) is 0. The lowest BCUT2D eigenvalue weighted by Gasteiger charge is -2.18. The maximum absolute atomic E-state index is 12.4. The predicted octanol–water partition coefficient (Wildman–Crippen LogP) is 3.37. The highest BCUT2D eigenvalue weighted by Gasteiger charge is 2.17. The molecule has 1 aliphatic heterocycles. The molecule has 1 N–H and O–H groups in total. The van der Waals surface area contributed by atoms with Crippen LogP contribution in [0.2, 0.25) is 0 Å². The van der Waals surface area contributed by atoms with E-state index < -0.39 is 0 Å². The van der Waals surface area contributed by atoms with Crippen LogP contribution in [-0.2, 0) is 0 Å². The molecule has 0 saturated carbocycles. The first-order valence-corrected chi connectivity index (χ1v) is 8.05. The zero-order valence-electron chi connectivity index (χ0n) is 14.0. The topological polar surface area (TPSA) is 82.8 Å². The standard InChI is InChI=1S/C19H16N2O5/c1-23-14-4-2-3-13(10-14)20-19(22)15-11-17(26-21-15)12-5-6-16-18(9-12)25-8-7-24-16/h2-6,9-11H,7-8H2,1H3,(H,20,22). The molecule has 4 rings (SSSR count). The highest BCUT2D eigenvalue weighted by atomic mass is 16.6. The number of aromatic nitrogens is 1. The van der Waals surface area contributed by atoms with Gasteiger partial charge in [-0.1, -0.05) is 11.2 Å². The molecular formula is C19H16N2O5. The Kier molecular flexibility index (Phi) is 4.18. The molecule has 0 bridgehead atoms. The van der Waals surface area contributed by atoms with E-state index in [0.717, 1.165) is 5.56 Å². The van der Waals surface area contributed by atoms with Crippen molar-refractivity contribution in [2.24, 2.45) is 0 Å². The second-order valence-corrected chi connectivity index (χ2v) is 5.62. The summed E-state index contributed by atoms with van der Waals surface area (Å²) in [6.45, 7) is 1.03. The lowest BCUT2D eigenvalue weighted by atomic mass is 10.1. The predicted molar refractivity (Wildman–Crippen MR) is 93.9 cm³/mol. The average Bonchev–Trinajstić information content (AvgIpc) is 3.18. The molecule has 7 heteroatoms. The Labute approximate surface area is 149 Å². The van der Waals surface area contributed by atoms with Gasteiger partial charge in [0.05, 0.1) is 7.11 Å². The maximum Gasteiger partial charge on any atom is 0.277 e. The number of fused-ring (bicyclic) bond motifs is 1. The van der Waals surface area contributed by atoms with E-state index in [4.69, 9.17) is 18.7 Å². The normalized spacial score (nSPS) is 12.5. The Balaban J connectivity index is 1.53. The summed E-state index contributed by atoms with van der Waals surface area (Å²) < 4.78 is 21.5. The number of amides is 1. The fourth-order valence-corrected chi connectivity index (χ4v) is 2.61. The van der Waals surface area contributed by atoms with E-state index in [-0.39, 0.29) is 11.6 Å². The summed E-state index contributed by atoms with van der Waals surface area (Å²) in [5, 5.41) is 6.61. The molecule has 0 spiro atoms. The molecule has 0 atom stereocenters.